The van der Waals surface area contributed by atoms with Crippen LogP contribution >= 0.6 is 0 Å². The molecule has 2 aromatic carbocycles. The lowest BCUT2D eigenvalue weighted by Gasteiger charge is -2.15. The Kier molecular flexibility index (Phi) is 6.54. The van der Waals surface area contributed by atoms with Gasteiger partial charge < -0.3 is 15.4 Å². The zero-order valence-corrected chi connectivity index (χ0v) is 16.0. The Labute approximate surface area is 158 Å². The normalized spacial score (nSPS) is 11.1. The first-order valence-electron chi connectivity index (χ1n) is 7.99. The molecular formula is C18H21N3O5S. The first-order chi connectivity index (χ1) is 12.8. The van der Waals surface area contributed by atoms with Crippen LogP contribution in [0.15, 0.2) is 53.4 Å². The fraction of sp³-hybridized carbons (Fsp3) is 0.222. The zero-order chi connectivity index (χ0) is 20.0. The molecular weight excluding hydrogens is 370 g/mol. The molecule has 0 saturated carbocycles. The summed E-state index contributed by atoms with van der Waals surface area (Å²) in [5.41, 5.74) is 0.712. The summed E-state index contributed by atoms with van der Waals surface area (Å²) in [6, 6.07) is 12.9. The van der Waals surface area contributed by atoms with Crippen molar-refractivity contribution in [2.45, 2.75) is 4.90 Å². The number of benzene rings is 2. The van der Waals surface area contributed by atoms with E-state index in [2.05, 4.69) is 10.6 Å². The van der Waals surface area contributed by atoms with Gasteiger partial charge in [-0.05, 0) is 30.3 Å². The average molecular weight is 391 g/mol. The highest BCUT2D eigenvalue weighted by Gasteiger charge is 2.24. The second-order valence-electron chi connectivity index (χ2n) is 5.75. The average Bonchev–Trinajstić information content (AvgIpc) is 2.66. The predicted octanol–water partition coefficient (Wildman–Crippen LogP) is 1.31. The fourth-order valence-electron chi connectivity index (χ4n) is 2.21. The molecule has 0 unspecified atom stereocenters. The molecule has 0 aliphatic rings. The quantitative estimate of drug-likeness (QED) is 0.741. The Morgan fingerprint density at radius 2 is 1.74 bits per heavy atom. The van der Waals surface area contributed by atoms with Gasteiger partial charge in [0.2, 0.25) is 15.9 Å². The number of hydrogen-bond donors (Lipinski definition) is 2. The highest BCUT2D eigenvalue weighted by molar-refractivity contribution is 7.89. The molecule has 2 aromatic rings. The van der Waals surface area contributed by atoms with Gasteiger partial charge in [-0.25, -0.2) is 12.7 Å². The number of amides is 2. The van der Waals surface area contributed by atoms with Gasteiger partial charge in [-0.1, -0.05) is 18.2 Å². The van der Waals surface area contributed by atoms with Crippen molar-refractivity contribution in [2.75, 3.05) is 33.1 Å². The highest BCUT2D eigenvalue weighted by Crippen LogP contribution is 2.26. The molecule has 0 aliphatic heterocycles. The maximum absolute atomic E-state index is 12.4. The lowest BCUT2D eigenvalue weighted by atomic mass is 10.2. The number of para-hydroxylation sites is 1. The number of anilines is 1. The molecule has 0 heterocycles. The third-order valence-corrected chi connectivity index (χ3v) is 5.49. The van der Waals surface area contributed by atoms with Crippen LogP contribution in [0.5, 0.6) is 5.75 Å². The van der Waals surface area contributed by atoms with Gasteiger partial charge in [-0.2, -0.15) is 0 Å². The number of ether oxygens (including phenoxy) is 1. The van der Waals surface area contributed by atoms with Gasteiger partial charge >= 0.3 is 0 Å². The Bertz CT molecular complexity index is 927. The van der Waals surface area contributed by atoms with Crippen molar-refractivity contribution in [2.24, 2.45) is 0 Å². The predicted molar refractivity (Wildman–Crippen MR) is 101 cm³/mol. The van der Waals surface area contributed by atoms with Crippen LogP contribution < -0.4 is 15.4 Å². The van der Waals surface area contributed by atoms with Crippen molar-refractivity contribution < 1.29 is 22.7 Å². The molecule has 8 nitrogen and oxygen atoms in total. The summed E-state index contributed by atoms with van der Waals surface area (Å²) in [6.07, 6.45) is 0. The van der Waals surface area contributed by atoms with E-state index in [0.29, 0.717) is 5.69 Å². The maximum Gasteiger partial charge on any atom is 0.251 e. The number of carbonyl (C=O) groups excluding carboxylic acids is 2. The summed E-state index contributed by atoms with van der Waals surface area (Å²) in [6.45, 7) is -0.254. The lowest BCUT2D eigenvalue weighted by molar-refractivity contribution is -0.115. The second-order valence-corrected chi connectivity index (χ2v) is 7.87. The number of nitrogens with zero attached hydrogens (tertiary/aromatic N) is 1. The van der Waals surface area contributed by atoms with E-state index in [0.717, 1.165) is 4.31 Å². The first kappa shape index (κ1) is 20.4. The van der Waals surface area contributed by atoms with Crippen LogP contribution in [0, 0.1) is 0 Å². The summed E-state index contributed by atoms with van der Waals surface area (Å²) in [7, 11) is 0.315. The van der Waals surface area contributed by atoms with Crippen molar-refractivity contribution in [3.05, 3.63) is 54.1 Å². The lowest BCUT2D eigenvalue weighted by Crippen LogP contribution is -2.33. The standard InChI is InChI=1S/C18H21N3O5S/c1-21(2)27(24,25)16-11-13(9-10-15(16)26-3)18(23)19-12-17(22)20-14-7-5-4-6-8-14/h4-11H,12H2,1-3H3,(H,19,23)(H,20,22). The molecule has 2 amide bonds. The van der Waals surface area contributed by atoms with E-state index in [-0.39, 0.29) is 22.8 Å². The number of carbonyl (C=O) groups is 2. The molecule has 2 N–H and O–H groups in total. The third-order valence-electron chi connectivity index (χ3n) is 3.65. The summed E-state index contributed by atoms with van der Waals surface area (Å²) >= 11 is 0. The second kappa shape index (κ2) is 8.65. The summed E-state index contributed by atoms with van der Waals surface area (Å²) in [4.78, 5) is 24.1. The van der Waals surface area contributed by atoms with E-state index >= 15 is 0 Å². The van der Waals surface area contributed by atoms with Gasteiger partial charge in [-0.3, -0.25) is 9.59 Å². The topological polar surface area (TPSA) is 105 Å². The maximum atomic E-state index is 12.4. The van der Waals surface area contributed by atoms with Crippen molar-refractivity contribution in [1.82, 2.24) is 9.62 Å². The molecule has 0 aromatic heterocycles. The van der Waals surface area contributed by atoms with Crippen LogP contribution in [-0.2, 0) is 14.8 Å². The third kappa shape index (κ3) is 5.05. The molecule has 0 bridgehead atoms. The van der Waals surface area contributed by atoms with Crippen LogP contribution in [0.4, 0.5) is 5.69 Å². The van der Waals surface area contributed by atoms with Crippen LogP contribution in [0.2, 0.25) is 0 Å². The van der Waals surface area contributed by atoms with Crippen molar-refractivity contribution in [1.29, 1.82) is 0 Å². The minimum Gasteiger partial charge on any atom is -0.495 e. The molecule has 0 spiro atoms. The molecule has 0 atom stereocenters. The van der Waals surface area contributed by atoms with Crippen molar-refractivity contribution in [3.8, 4) is 5.75 Å². The van der Waals surface area contributed by atoms with Crippen LogP contribution in [-0.4, -0.2) is 52.3 Å². The minimum atomic E-state index is -3.80. The number of hydrogen-bond acceptors (Lipinski definition) is 5. The zero-order valence-electron chi connectivity index (χ0n) is 15.2. The molecule has 0 saturated heterocycles. The largest absolute Gasteiger partial charge is 0.495 e. The van der Waals surface area contributed by atoms with Gasteiger partial charge in [0, 0.05) is 25.3 Å². The Balaban J connectivity index is 2.11. The highest BCUT2D eigenvalue weighted by atomic mass is 32.2. The Morgan fingerprint density at radius 1 is 1.07 bits per heavy atom. The smallest absolute Gasteiger partial charge is 0.251 e. The number of methoxy groups -OCH3 is 1. The van der Waals surface area contributed by atoms with E-state index in [4.69, 9.17) is 4.74 Å². The minimum absolute atomic E-state index is 0.101. The number of sulfonamides is 1. The van der Waals surface area contributed by atoms with E-state index in [1.807, 2.05) is 6.07 Å². The molecule has 2 rings (SSSR count). The summed E-state index contributed by atoms with van der Waals surface area (Å²) < 4.78 is 30.9. The molecule has 0 aliphatic carbocycles. The summed E-state index contributed by atoms with van der Waals surface area (Å²) in [5, 5.41) is 5.11. The van der Waals surface area contributed by atoms with E-state index in [1.54, 1.807) is 24.3 Å². The van der Waals surface area contributed by atoms with Gasteiger partial charge in [0.15, 0.2) is 0 Å². The van der Waals surface area contributed by atoms with Crippen molar-refractivity contribution >= 4 is 27.5 Å². The molecule has 27 heavy (non-hydrogen) atoms. The monoisotopic (exact) mass is 391 g/mol. The Morgan fingerprint density at radius 3 is 2.33 bits per heavy atom. The van der Waals surface area contributed by atoms with Crippen LogP contribution in [0.25, 0.3) is 0 Å². The summed E-state index contributed by atoms with van der Waals surface area (Å²) in [5.74, 6) is -0.845. The fourth-order valence-corrected chi connectivity index (χ4v) is 3.28. The van der Waals surface area contributed by atoms with Crippen LogP contribution in [0.1, 0.15) is 10.4 Å². The van der Waals surface area contributed by atoms with E-state index in [9.17, 15) is 18.0 Å². The number of rotatable bonds is 7. The van der Waals surface area contributed by atoms with E-state index in [1.165, 1.54) is 39.4 Å². The molecule has 9 heteroatoms. The molecule has 144 valence electrons. The Hall–Kier alpha value is -2.91. The van der Waals surface area contributed by atoms with Gasteiger partial charge in [-0.15, -0.1) is 0 Å². The van der Waals surface area contributed by atoms with Gasteiger partial charge in [0.05, 0.1) is 13.7 Å². The SMILES string of the molecule is COc1ccc(C(=O)NCC(=O)Nc2ccccc2)cc1S(=O)(=O)N(C)C. The molecule has 0 radical (unpaired) electrons. The number of nitrogens with one attached hydrogen (secondary N) is 2. The first-order valence-corrected chi connectivity index (χ1v) is 9.43. The van der Waals surface area contributed by atoms with E-state index < -0.39 is 21.8 Å². The van der Waals surface area contributed by atoms with Crippen LogP contribution in [0.3, 0.4) is 0 Å². The van der Waals surface area contributed by atoms with Gasteiger partial charge in [0.25, 0.3) is 5.91 Å². The van der Waals surface area contributed by atoms with Gasteiger partial charge in [0.1, 0.15) is 10.6 Å². The van der Waals surface area contributed by atoms with Crippen molar-refractivity contribution in [3.63, 3.8) is 0 Å². The molecule has 0 fully saturated rings.